The molecule has 0 unspecified atom stereocenters. The first-order valence-corrected chi connectivity index (χ1v) is 5.95. The van der Waals surface area contributed by atoms with E-state index in [0.29, 0.717) is 11.3 Å². The number of nitrogens with two attached hydrogens (primary N) is 2. The second-order valence-corrected chi connectivity index (χ2v) is 4.22. The fourth-order valence-corrected chi connectivity index (χ4v) is 1.65. The number of rotatable bonds is 4. The lowest BCUT2D eigenvalue weighted by Crippen LogP contribution is -2.24. The van der Waals surface area contributed by atoms with Gasteiger partial charge in [-0.1, -0.05) is 12.1 Å². The molecule has 0 saturated heterocycles. The molecule has 2 amide bonds. The van der Waals surface area contributed by atoms with Crippen LogP contribution in [0.2, 0.25) is 0 Å². The SMILES string of the molecule is NC(=O)c1cccc(CNC(=O)c2ccc(N)cn2)c1. The topological polar surface area (TPSA) is 111 Å². The number of aromatic nitrogens is 1. The van der Waals surface area contributed by atoms with Crippen LogP contribution in [-0.2, 0) is 6.54 Å². The van der Waals surface area contributed by atoms with Crippen molar-refractivity contribution in [3.8, 4) is 0 Å². The zero-order chi connectivity index (χ0) is 14.5. The lowest BCUT2D eigenvalue weighted by atomic mass is 10.1. The maximum Gasteiger partial charge on any atom is 0.270 e. The van der Waals surface area contributed by atoms with Crippen molar-refractivity contribution in [3.05, 3.63) is 59.4 Å². The molecule has 0 spiro atoms. The fourth-order valence-electron chi connectivity index (χ4n) is 1.65. The molecule has 1 heterocycles. The lowest BCUT2D eigenvalue weighted by Gasteiger charge is -2.06. The average Bonchev–Trinajstić information content (AvgIpc) is 2.46. The summed E-state index contributed by atoms with van der Waals surface area (Å²) in [5, 5.41) is 2.71. The van der Waals surface area contributed by atoms with Crippen molar-refractivity contribution in [1.29, 1.82) is 0 Å². The summed E-state index contributed by atoms with van der Waals surface area (Å²) < 4.78 is 0. The van der Waals surface area contributed by atoms with E-state index in [2.05, 4.69) is 10.3 Å². The highest BCUT2D eigenvalue weighted by Gasteiger charge is 2.07. The van der Waals surface area contributed by atoms with E-state index in [1.165, 1.54) is 6.20 Å². The highest BCUT2D eigenvalue weighted by molar-refractivity contribution is 5.93. The number of amides is 2. The number of anilines is 1. The van der Waals surface area contributed by atoms with Crippen LogP contribution < -0.4 is 16.8 Å². The van der Waals surface area contributed by atoms with Crippen LogP contribution in [0.1, 0.15) is 26.4 Å². The minimum absolute atomic E-state index is 0.283. The van der Waals surface area contributed by atoms with E-state index < -0.39 is 5.91 Å². The summed E-state index contributed by atoms with van der Waals surface area (Å²) in [4.78, 5) is 26.8. The minimum Gasteiger partial charge on any atom is -0.397 e. The quantitative estimate of drug-likeness (QED) is 0.759. The van der Waals surface area contributed by atoms with Gasteiger partial charge in [0.2, 0.25) is 5.91 Å². The summed E-state index contributed by atoms with van der Waals surface area (Å²) >= 11 is 0. The van der Waals surface area contributed by atoms with Crippen LogP contribution >= 0.6 is 0 Å². The van der Waals surface area contributed by atoms with Crippen molar-refractivity contribution in [3.63, 3.8) is 0 Å². The number of nitrogen functional groups attached to an aromatic ring is 1. The Labute approximate surface area is 115 Å². The standard InChI is InChI=1S/C14H14N4O2/c15-11-4-5-12(17-8-11)14(20)18-7-9-2-1-3-10(6-9)13(16)19/h1-6,8H,7,15H2,(H2,16,19)(H,18,20). The fraction of sp³-hybridized carbons (Fsp3) is 0.0714. The van der Waals surface area contributed by atoms with E-state index in [-0.39, 0.29) is 18.1 Å². The Morgan fingerprint density at radius 1 is 1.20 bits per heavy atom. The summed E-state index contributed by atoms with van der Waals surface area (Å²) in [6, 6.07) is 9.92. The van der Waals surface area contributed by atoms with Gasteiger partial charge in [0.05, 0.1) is 11.9 Å². The Kier molecular flexibility index (Phi) is 3.95. The van der Waals surface area contributed by atoms with Gasteiger partial charge in [-0.3, -0.25) is 9.59 Å². The molecule has 6 heteroatoms. The lowest BCUT2D eigenvalue weighted by molar-refractivity contribution is 0.0945. The van der Waals surface area contributed by atoms with Crippen LogP contribution in [0.4, 0.5) is 5.69 Å². The van der Waals surface area contributed by atoms with Crippen LogP contribution in [0.15, 0.2) is 42.6 Å². The molecule has 5 N–H and O–H groups in total. The second-order valence-electron chi connectivity index (χ2n) is 4.22. The summed E-state index contributed by atoms with van der Waals surface area (Å²) in [7, 11) is 0. The van der Waals surface area contributed by atoms with Gasteiger partial charge in [-0.2, -0.15) is 0 Å². The monoisotopic (exact) mass is 270 g/mol. The highest BCUT2D eigenvalue weighted by atomic mass is 16.2. The Morgan fingerprint density at radius 2 is 2.00 bits per heavy atom. The predicted octanol–water partition coefficient (Wildman–Crippen LogP) is 0.693. The zero-order valence-electron chi connectivity index (χ0n) is 10.7. The molecule has 0 radical (unpaired) electrons. The maximum absolute atomic E-state index is 11.8. The molecule has 0 saturated carbocycles. The van der Waals surface area contributed by atoms with Gasteiger partial charge < -0.3 is 16.8 Å². The van der Waals surface area contributed by atoms with E-state index in [0.717, 1.165) is 5.56 Å². The van der Waals surface area contributed by atoms with Crippen molar-refractivity contribution < 1.29 is 9.59 Å². The molecular formula is C14H14N4O2. The number of carbonyl (C=O) groups excluding carboxylic acids is 2. The van der Waals surface area contributed by atoms with Crippen molar-refractivity contribution in [2.45, 2.75) is 6.54 Å². The van der Waals surface area contributed by atoms with E-state index in [9.17, 15) is 9.59 Å². The molecule has 20 heavy (non-hydrogen) atoms. The van der Waals surface area contributed by atoms with Crippen LogP contribution in [0.3, 0.4) is 0 Å². The largest absolute Gasteiger partial charge is 0.397 e. The maximum atomic E-state index is 11.8. The number of primary amides is 1. The second kappa shape index (κ2) is 5.83. The molecule has 102 valence electrons. The van der Waals surface area contributed by atoms with Crippen LogP contribution in [0, 0.1) is 0 Å². The number of nitrogens with zero attached hydrogens (tertiary/aromatic N) is 1. The van der Waals surface area contributed by atoms with Gasteiger partial charge in [0, 0.05) is 12.1 Å². The van der Waals surface area contributed by atoms with Crippen LogP contribution in [0.5, 0.6) is 0 Å². The Hall–Kier alpha value is -2.89. The third-order valence-electron chi connectivity index (χ3n) is 2.68. The third kappa shape index (κ3) is 3.32. The molecule has 0 atom stereocenters. The Morgan fingerprint density at radius 3 is 2.65 bits per heavy atom. The van der Waals surface area contributed by atoms with E-state index in [1.54, 1.807) is 36.4 Å². The molecular weight excluding hydrogens is 256 g/mol. The van der Waals surface area contributed by atoms with Crippen LogP contribution in [0.25, 0.3) is 0 Å². The number of carbonyl (C=O) groups is 2. The van der Waals surface area contributed by atoms with Crippen LogP contribution in [-0.4, -0.2) is 16.8 Å². The van der Waals surface area contributed by atoms with E-state index in [1.807, 2.05) is 0 Å². The van der Waals surface area contributed by atoms with Gasteiger partial charge in [0.25, 0.3) is 5.91 Å². The first-order valence-electron chi connectivity index (χ1n) is 5.95. The normalized spacial score (nSPS) is 10.0. The molecule has 1 aromatic heterocycles. The van der Waals surface area contributed by atoms with Crippen molar-refractivity contribution in [2.24, 2.45) is 5.73 Å². The molecule has 0 fully saturated rings. The van der Waals surface area contributed by atoms with E-state index >= 15 is 0 Å². The Bertz CT molecular complexity index is 638. The highest BCUT2D eigenvalue weighted by Crippen LogP contribution is 2.05. The molecule has 0 bridgehead atoms. The number of benzene rings is 1. The molecule has 1 aromatic carbocycles. The van der Waals surface area contributed by atoms with E-state index in [4.69, 9.17) is 11.5 Å². The predicted molar refractivity (Wildman–Crippen MR) is 74.8 cm³/mol. The summed E-state index contributed by atoms with van der Waals surface area (Å²) in [6.45, 7) is 0.284. The summed E-state index contributed by atoms with van der Waals surface area (Å²) in [5.74, 6) is -0.812. The first-order chi connectivity index (χ1) is 9.56. The molecule has 2 rings (SSSR count). The Balaban J connectivity index is 2.01. The number of hydrogen-bond acceptors (Lipinski definition) is 4. The van der Waals surface area contributed by atoms with Gasteiger partial charge in [-0.05, 0) is 29.8 Å². The number of hydrogen-bond donors (Lipinski definition) is 3. The molecule has 2 aromatic rings. The smallest absolute Gasteiger partial charge is 0.270 e. The summed E-state index contributed by atoms with van der Waals surface area (Å²) in [5.41, 5.74) is 12.7. The average molecular weight is 270 g/mol. The van der Waals surface area contributed by atoms with Gasteiger partial charge >= 0.3 is 0 Å². The van der Waals surface area contributed by atoms with Crippen molar-refractivity contribution in [1.82, 2.24) is 10.3 Å². The summed E-state index contributed by atoms with van der Waals surface area (Å²) in [6.07, 6.45) is 1.42. The van der Waals surface area contributed by atoms with Gasteiger partial charge in [0.1, 0.15) is 5.69 Å². The first kappa shape index (κ1) is 13.5. The number of pyridine rings is 1. The van der Waals surface area contributed by atoms with Crippen molar-refractivity contribution in [2.75, 3.05) is 5.73 Å². The van der Waals surface area contributed by atoms with Gasteiger partial charge in [-0.25, -0.2) is 4.98 Å². The minimum atomic E-state index is -0.502. The van der Waals surface area contributed by atoms with Gasteiger partial charge in [0.15, 0.2) is 0 Å². The third-order valence-corrected chi connectivity index (χ3v) is 2.68. The number of nitrogens with one attached hydrogen (secondary N) is 1. The zero-order valence-corrected chi connectivity index (χ0v) is 10.7. The molecule has 6 nitrogen and oxygen atoms in total. The molecule has 0 aliphatic rings. The van der Waals surface area contributed by atoms with Crippen molar-refractivity contribution >= 4 is 17.5 Å². The molecule has 0 aliphatic heterocycles. The molecule has 0 aliphatic carbocycles. The van der Waals surface area contributed by atoms with Gasteiger partial charge in [-0.15, -0.1) is 0 Å².